The first-order chi connectivity index (χ1) is 23.1. The summed E-state index contributed by atoms with van der Waals surface area (Å²) < 4.78 is 9.65. The largest absolute Gasteiger partial charge is 0.450 e. The molecule has 0 spiro atoms. The molecule has 2 aromatic carbocycles. The van der Waals surface area contributed by atoms with E-state index >= 15 is 0 Å². The van der Waals surface area contributed by atoms with Gasteiger partial charge in [-0.3, -0.25) is 10.6 Å². The maximum absolute atomic E-state index is 11.5. The van der Waals surface area contributed by atoms with Crippen molar-refractivity contribution in [2.75, 3.05) is 70.5 Å². The first-order valence-corrected chi connectivity index (χ1v) is 15.0. The van der Waals surface area contributed by atoms with Crippen LogP contribution in [0.5, 0.6) is 0 Å². The number of rotatable bonds is 6. The number of nitrogen functional groups attached to an aromatic ring is 4. The Balaban J connectivity index is 0.000000932. The van der Waals surface area contributed by atoms with E-state index in [1.54, 1.807) is 26.0 Å². The van der Waals surface area contributed by atoms with Crippen molar-refractivity contribution in [1.29, 1.82) is 0 Å². The number of carbonyl (C=O) groups excluding carboxylic acids is 2. The summed E-state index contributed by atoms with van der Waals surface area (Å²) in [6.07, 6.45) is -1.16. The number of aliphatic imine (C=N–C) groups is 2. The van der Waals surface area contributed by atoms with Gasteiger partial charge in [0.15, 0.2) is 11.6 Å². The van der Waals surface area contributed by atoms with Crippen molar-refractivity contribution in [3.05, 3.63) is 71.8 Å². The van der Waals surface area contributed by atoms with Crippen LogP contribution in [0.2, 0.25) is 0 Å². The summed E-state index contributed by atoms with van der Waals surface area (Å²) in [5.74, 6) is 1.06. The smallest absolute Gasteiger partial charge is 0.412 e. The number of aromatic nitrogens is 2. The van der Waals surface area contributed by atoms with Crippen LogP contribution in [0.1, 0.15) is 25.0 Å². The minimum absolute atomic E-state index is 0. The van der Waals surface area contributed by atoms with Gasteiger partial charge in [-0.25, -0.2) is 29.5 Å². The van der Waals surface area contributed by atoms with Gasteiger partial charge >= 0.3 is 12.2 Å². The van der Waals surface area contributed by atoms with Crippen molar-refractivity contribution in [1.82, 2.24) is 9.97 Å². The van der Waals surface area contributed by atoms with Gasteiger partial charge in [0.2, 0.25) is 0 Å². The molecule has 2 aromatic heterocycles. The summed E-state index contributed by atoms with van der Waals surface area (Å²) in [5.41, 5.74) is 30.8. The van der Waals surface area contributed by atoms with Gasteiger partial charge in [0.25, 0.3) is 0 Å². The molecule has 0 saturated carbocycles. The summed E-state index contributed by atoms with van der Waals surface area (Å²) >= 11 is 0. The number of fused-ring (bicyclic) bond motifs is 2. The molecular weight excluding hydrogens is 794 g/mol. The Morgan fingerprint density at radius 3 is 1.28 bits per heavy atom. The topological polar surface area (TPSA) is 255 Å². The van der Waals surface area contributed by atoms with Crippen molar-refractivity contribution in [3.63, 3.8) is 0 Å². The highest BCUT2D eigenvalue weighted by molar-refractivity contribution is 6.09. The lowest BCUT2D eigenvalue weighted by molar-refractivity contribution is 0.167. The number of halogens is 5. The van der Waals surface area contributed by atoms with Gasteiger partial charge in [0.1, 0.15) is 23.0 Å². The lowest BCUT2D eigenvalue weighted by atomic mass is 10.1. The third-order valence-electron chi connectivity index (χ3n) is 6.92. The standard InChI is InChI=1S/2C16H18N6O2.5ClH/c2*1-2-24-16(23)22-13-7-11-14(15(18)21-13)20-12(8-19-11)9-3-5-10(17)6-4-9;;;;;/h2*3-7,19H,2,8,17H2,1H3,(H3,18,21,22,23);5*1H. The van der Waals surface area contributed by atoms with E-state index in [0.717, 1.165) is 22.6 Å². The number of hydrogen-bond acceptors (Lipinski definition) is 14. The first kappa shape index (κ1) is 47.9. The van der Waals surface area contributed by atoms with Gasteiger partial charge in [-0.05, 0) is 49.2 Å². The predicted molar refractivity (Wildman–Crippen MR) is 226 cm³/mol. The minimum atomic E-state index is -0.578. The molecule has 16 nitrogen and oxygen atoms in total. The van der Waals surface area contributed by atoms with Crippen LogP contribution in [-0.2, 0) is 9.47 Å². The molecule has 12 N–H and O–H groups in total. The Kier molecular flexibility index (Phi) is 19.9. The average molecular weight is 835 g/mol. The highest BCUT2D eigenvalue weighted by Crippen LogP contribution is 2.37. The van der Waals surface area contributed by atoms with Crippen LogP contribution < -0.4 is 44.2 Å². The number of amides is 2. The maximum atomic E-state index is 11.5. The van der Waals surface area contributed by atoms with Gasteiger partial charge in [-0.1, -0.05) is 24.3 Å². The second-order valence-corrected chi connectivity index (χ2v) is 10.3. The molecule has 4 heterocycles. The zero-order valence-corrected chi connectivity index (χ0v) is 32.5. The molecular formula is C32H41Cl5N12O4. The maximum Gasteiger partial charge on any atom is 0.412 e. The van der Waals surface area contributed by atoms with Crippen molar-refractivity contribution >= 4 is 143 Å². The number of nitrogens with two attached hydrogens (primary N) is 4. The second kappa shape index (κ2) is 22.1. The zero-order chi connectivity index (χ0) is 34.2. The van der Waals surface area contributed by atoms with E-state index in [1.165, 1.54) is 0 Å². The third kappa shape index (κ3) is 12.5. The van der Waals surface area contributed by atoms with Crippen molar-refractivity contribution in [2.24, 2.45) is 9.98 Å². The van der Waals surface area contributed by atoms with Crippen LogP contribution in [-0.4, -0.2) is 59.9 Å². The van der Waals surface area contributed by atoms with Crippen LogP contribution in [0.3, 0.4) is 0 Å². The first-order valence-electron chi connectivity index (χ1n) is 15.0. The normalized spacial score (nSPS) is 11.4. The fraction of sp³-hybridized carbons (Fsp3) is 0.188. The Labute approximate surface area is 336 Å². The van der Waals surface area contributed by atoms with Gasteiger partial charge < -0.3 is 43.0 Å². The number of nitrogens with one attached hydrogen (secondary N) is 4. The van der Waals surface area contributed by atoms with E-state index in [4.69, 9.17) is 32.4 Å². The third-order valence-corrected chi connectivity index (χ3v) is 6.92. The molecule has 2 aliphatic heterocycles. The number of ether oxygens (including phenoxy) is 2. The summed E-state index contributed by atoms with van der Waals surface area (Å²) in [5, 5.41) is 11.5. The molecule has 0 radical (unpaired) electrons. The van der Waals surface area contributed by atoms with Gasteiger partial charge in [-0.2, -0.15) is 0 Å². The zero-order valence-electron chi connectivity index (χ0n) is 28.4. The predicted octanol–water partition coefficient (Wildman–Crippen LogP) is 6.83. The molecule has 0 unspecified atom stereocenters. The van der Waals surface area contributed by atoms with Crippen molar-refractivity contribution in [2.45, 2.75) is 13.8 Å². The monoisotopic (exact) mass is 832 g/mol. The minimum Gasteiger partial charge on any atom is -0.450 e. The van der Waals surface area contributed by atoms with Crippen molar-refractivity contribution in [3.8, 4) is 0 Å². The quantitative estimate of drug-likeness (QED) is 0.0931. The fourth-order valence-electron chi connectivity index (χ4n) is 4.68. The molecule has 0 fully saturated rings. The number of hydrogen-bond donors (Lipinski definition) is 8. The van der Waals surface area contributed by atoms with E-state index in [2.05, 4.69) is 41.2 Å². The second-order valence-electron chi connectivity index (χ2n) is 10.3. The summed E-state index contributed by atoms with van der Waals surface area (Å²) in [4.78, 5) is 40.4. The molecule has 0 atom stereocenters. The average Bonchev–Trinajstić information content (AvgIpc) is 3.06. The van der Waals surface area contributed by atoms with E-state index in [1.807, 2.05) is 48.5 Å². The van der Waals surface area contributed by atoms with Gasteiger partial charge in [-0.15, -0.1) is 62.0 Å². The van der Waals surface area contributed by atoms with Crippen LogP contribution in [0.15, 0.2) is 70.6 Å². The summed E-state index contributed by atoms with van der Waals surface area (Å²) in [7, 11) is 0. The van der Waals surface area contributed by atoms with Crippen LogP contribution >= 0.6 is 62.0 Å². The lowest BCUT2D eigenvalue weighted by Crippen LogP contribution is -2.20. The molecule has 4 aromatic rings. The summed E-state index contributed by atoms with van der Waals surface area (Å²) in [6.45, 7) is 5.06. The molecule has 6 rings (SSSR count). The molecule has 288 valence electrons. The van der Waals surface area contributed by atoms with Gasteiger partial charge in [0.05, 0.1) is 49.1 Å². The Bertz CT molecular complexity index is 1760. The van der Waals surface area contributed by atoms with Gasteiger partial charge in [0, 0.05) is 23.5 Å². The molecule has 2 amide bonds. The molecule has 0 bridgehead atoms. The number of nitrogens with zero attached hydrogens (tertiary/aromatic N) is 4. The Morgan fingerprint density at radius 1 is 0.623 bits per heavy atom. The van der Waals surface area contributed by atoms with Crippen molar-refractivity contribution < 1.29 is 19.1 Å². The van der Waals surface area contributed by atoms with Crippen LogP contribution in [0.25, 0.3) is 0 Å². The Morgan fingerprint density at radius 2 is 0.962 bits per heavy atom. The molecule has 0 aliphatic carbocycles. The Hall–Kier alpha value is -5.13. The lowest BCUT2D eigenvalue weighted by Gasteiger charge is -2.20. The fourth-order valence-corrected chi connectivity index (χ4v) is 4.68. The highest BCUT2D eigenvalue weighted by atomic mass is 35.5. The molecule has 0 saturated heterocycles. The number of anilines is 8. The highest BCUT2D eigenvalue weighted by Gasteiger charge is 2.20. The molecule has 2 aliphatic rings. The van der Waals surface area contributed by atoms with Crippen LogP contribution in [0.4, 0.5) is 67.0 Å². The van der Waals surface area contributed by atoms with E-state index in [0.29, 0.717) is 58.8 Å². The number of benzene rings is 2. The summed E-state index contributed by atoms with van der Waals surface area (Å²) in [6, 6.07) is 18.2. The molecule has 21 heteroatoms. The van der Waals surface area contributed by atoms with Crippen LogP contribution in [0, 0.1) is 0 Å². The van der Waals surface area contributed by atoms with E-state index in [-0.39, 0.29) is 86.9 Å². The van der Waals surface area contributed by atoms with E-state index in [9.17, 15) is 9.59 Å². The SMILES string of the molecule is CCOC(=O)Nc1cc2c(c(N)n1)N=C(c1ccc(N)cc1)CN2.CCOC(=O)Nc1cc2c(c(N)n1)N=C(c1ccc(N)cc1)CN2.Cl.Cl.Cl.Cl.Cl. The number of carbonyl (C=O) groups is 2. The molecule has 53 heavy (non-hydrogen) atoms. The van der Waals surface area contributed by atoms with E-state index < -0.39 is 12.2 Å². The number of pyridine rings is 2.